The van der Waals surface area contributed by atoms with Crippen molar-refractivity contribution in [2.24, 2.45) is 0 Å². The first kappa shape index (κ1) is 18.8. The molecule has 1 aromatic carbocycles. The van der Waals surface area contributed by atoms with Crippen molar-refractivity contribution in [2.75, 3.05) is 37.7 Å². The normalized spacial score (nSPS) is 14.8. The molecule has 0 unspecified atom stereocenters. The molecule has 1 aliphatic heterocycles. The Kier molecular flexibility index (Phi) is 5.91. The maximum absolute atomic E-state index is 13.0. The second-order valence-corrected chi connectivity index (χ2v) is 7.64. The van der Waals surface area contributed by atoms with E-state index in [2.05, 4.69) is 40.7 Å². The summed E-state index contributed by atoms with van der Waals surface area (Å²) >= 11 is 3.49. The summed E-state index contributed by atoms with van der Waals surface area (Å²) in [5, 5.41) is 0. The van der Waals surface area contributed by atoms with Gasteiger partial charge in [0.15, 0.2) is 0 Å². The lowest BCUT2D eigenvalue weighted by Gasteiger charge is -2.37. The number of carbonyl (C=O) groups excluding carboxylic acids is 1. The minimum Gasteiger partial charge on any atom is -0.492 e. The number of ether oxygens (including phenoxy) is 1. The fourth-order valence-electron chi connectivity index (χ4n) is 3.35. The molecule has 1 aromatic heterocycles. The Morgan fingerprint density at radius 3 is 2.54 bits per heavy atom. The average molecular weight is 420 g/mol. The van der Waals surface area contributed by atoms with Crippen LogP contribution in [-0.4, -0.2) is 48.2 Å². The lowest BCUT2D eigenvalue weighted by molar-refractivity contribution is 0.0734. The number of benzene rings is 1. The number of hydrogen-bond donors (Lipinski definition) is 0. The fourth-order valence-corrected chi connectivity index (χ4v) is 3.79. The maximum Gasteiger partial charge on any atom is 0.270 e. The zero-order chi connectivity index (χ0) is 18.7. The topological polar surface area (TPSA) is 37.7 Å². The summed E-state index contributed by atoms with van der Waals surface area (Å²) in [7, 11) is 0. The first-order chi connectivity index (χ1) is 12.5. The molecule has 3 rings (SSSR count). The first-order valence-corrected chi connectivity index (χ1v) is 9.94. The number of nitrogens with zero attached hydrogens (tertiary/aromatic N) is 3. The maximum atomic E-state index is 13.0. The quantitative estimate of drug-likeness (QED) is 0.728. The third kappa shape index (κ3) is 3.90. The van der Waals surface area contributed by atoms with Gasteiger partial charge in [0, 0.05) is 42.9 Å². The van der Waals surface area contributed by atoms with Crippen LogP contribution in [0.1, 0.15) is 37.3 Å². The molecule has 0 spiro atoms. The van der Waals surface area contributed by atoms with Crippen molar-refractivity contribution in [3.8, 4) is 5.75 Å². The Hall–Kier alpha value is -1.95. The van der Waals surface area contributed by atoms with E-state index in [1.807, 2.05) is 46.9 Å². The molecule has 1 aliphatic rings. The second-order valence-electron chi connectivity index (χ2n) is 6.72. The molecule has 1 saturated heterocycles. The van der Waals surface area contributed by atoms with Crippen LogP contribution in [0.2, 0.25) is 0 Å². The van der Waals surface area contributed by atoms with Crippen molar-refractivity contribution >= 4 is 27.5 Å². The van der Waals surface area contributed by atoms with Crippen LogP contribution in [0, 0.1) is 0 Å². The van der Waals surface area contributed by atoms with Crippen molar-refractivity contribution in [2.45, 2.75) is 26.8 Å². The minimum atomic E-state index is 0.0992. The summed E-state index contributed by atoms with van der Waals surface area (Å²) < 4.78 is 8.72. The predicted octanol–water partition coefficient (Wildman–Crippen LogP) is 4.19. The van der Waals surface area contributed by atoms with E-state index in [9.17, 15) is 4.79 Å². The van der Waals surface area contributed by atoms with Crippen LogP contribution in [-0.2, 0) is 0 Å². The Morgan fingerprint density at radius 2 is 1.88 bits per heavy atom. The Bertz CT molecular complexity index is 764. The molecule has 26 heavy (non-hydrogen) atoms. The number of hydrogen-bond acceptors (Lipinski definition) is 3. The van der Waals surface area contributed by atoms with Crippen LogP contribution in [0.5, 0.6) is 5.75 Å². The van der Waals surface area contributed by atoms with Crippen molar-refractivity contribution in [3.05, 3.63) is 46.7 Å². The molecule has 1 amide bonds. The second kappa shape index (κ2) is 8.16. The van der Waals surface area contributed by atoms with E-state index in [-0.39, 0.29) is 11.9 Å². The van der Waals surface area contributed by atoms with Gasteiger partial charge in [0.2, 0.25) is 0 Å². The molecule has 0 atom stereocenters. The molecule has 2 heterocycles. The number of rotatable bonds is 5. The lowest BCUT2D eigenvalue weighted by atomic mass is 10.2. The lowest BCUT2D eigenvalue weighted by Crippen LogP contribution is -2.49. The van der Waals surface area contributed by atoms with Crippen molar-refractivity contribution in [3.63, 3.8) is 0 Å². The number of anilines is 1. The zero-order valence-corrected chi connectivity index (χ0v) is 17.2. The highest BCUT2D eigenvalue weighted by Crippen LogP contribution is 2.29. The molecular weight excluding hydrogens is 394 g/mol. The standard InChI is InChI=1S/C20H26BrN3O2/c1-4-26-19-8-6-5-7-17(19)22-9-11-23(12-10-22)20(25)18-13-16(21)14-24(18)15(2)3/h5-8,13-15H,4,9-12H2,1-3H3. The summed E-state index contributed by atoms with van der Waals surface area (Å²) in [4.78, 5) is 17.2. The van der Waals surface area contributed by atoms with Crippen LogP contribution in [0.3, 0.4) is 0 Å². The van der Waals surface area contributed by atoms with Gasteiger partial charge in [-0.1, -0.05) is 12.1 Å². The van der Waals surface area contributed by atoms with Crippen molar-refractivity contribution in [1.29, 1.82) is 0 Å². The predicted molar refractivity (Wildman–Crippen MR) is 108 cm³/mol. The molecule has 0 saturated carbocycles. The summed E-state index contributed by atoms with van der Waals surface area (Å²) in [6.07, 6.45) is 1.98. The Labute approximate surface area is 163 Å². The first-order valence-electron chi connectivity index (χ1n) is 9.14. The number of halogens is 1. The highest BCUT2D eigenvalue weighted by molar-refractivity contribution is 9.10. The van der Waals surface area contributed by atoms with Crippen molar-refractivity contribution in [1.82, 2.24) is 9.47 Å². The number of carbonyl (C=O) groups is 1. The fraction of sp³-hybridized carbons (Fsp3) is 0.450. The van der Waals surface area contributed by atoms with Gasteiger partial charge in [-0.25, -0.2) is 0 Å². The van der Waals surface area contributed by atoms with Crippen LogP contribution in [0.4, 0.5) is 5.69 Å². The monoisotopic (exact) mass is 419 g/mol. The highest BCUT2D eigenvalue weighted by Gasteiger charge is 2.26. The van der Waals surface area contributed by atoms with Crippen LogP contribution in [0.25, 0.3) is 0 Å². The van der Waals surface area contributed by atoms with Gasteiger partial charge in [0.05, 0.1) is 12.3 Å². The van der Waals surface area contributed by atoms with Gasteiger partial charge in [-0.05, 0) is 54.9 Å². The average Bonchev–Trinajstić information content (AvgIpc) is 3.04. The smallest absolute Gasteiger partial charge is 0.270 e. The van der Waals surface area contributed by atoms with Gasteiger partial charge in [0.1, 0.15) is 11.4 Å². The third-order valence-corrected chi connectivity index (χ3v) is 5.10. The molecular formula is C20H26BrN3O2. The number of aromatic nitrogens is 1. The SMILES string of the molecule is CCOc1ccccc1N1CCN(C(=O)c2cc(Br)cn2C(C)C)CC1. The summed E-state index contributed by atoms with van der Waals surface area (Å²) in [5.74, 6) is 1.01. The molecule has 1 fully saturated rings. The molecule has 0 N–H and O–H groups in total. The van der Waals surface area contributed by atoms with Crippen LogP contribution in [0.15, 0.2) is 41.0 Å². The molecule has 2 aromatic rings. The largest absolute Gasteiger partial charge is 0.492 e. The number of amides is 1. The van der Waals surface area contributed by atoms with Gasteiger partial charge < -0.3 is 19.1 Å². The van der Waals surface area contributed by atoms with Gasteiger partial charge in [-0.2, -0.15) is 0 Å². The summed E-state index contributed by atoms with van der Waals surface area (Å²) in [6, 6.07) is 10.3. The molecule has 0 bridgehead atoms. The van der Waals surface area contributed by atoms with Gasteiger partial charge in [-0.3, -0.25) is 4.79 Å². The zero-order valence-electron chi connectivity index (χ0n) is 15.6. The third-order valence-electron chi connectivity index (χ3n) is 4.66. The van der Waals surface area contributed by atoms with Crippen LogP contribution >= 0.6 is 15.9 Å². The van der Waals surface area contributed by atoms with E-state index in [0.29, 0.717) is 19.7 Å². The summed E-state index contributed by atoms with van der Waals surface area (Å²) in [6.45, 7) is 9.85. The van der Waals surface area contributed by atoms with E-state index in [0.717, 1.165) is 34.7 Å². The van der Waals surface area contributed by atoms with E-state index in [1.54, 1.807) is 0 Å². The Morgan fingerprint density at radius 1 is 1.19 bits per heavy atom. The van der Waals surface area contributed by atoms with E-state index >= 15 is 0 Å². The Balaban J connectivity index is 1.70. The van der Waals surface area contributed by atoms with E-state index in [1.165, 1.54) is 0 Å². The molecule has 5 nitrogen and oxygen atoms in total. The van der Waals surface area contributed by atoms with E-state index in [4.69, 9.17) is 4.74 Å². The van der Waals surface area contributed by atoms with Gasteiger partial charge in [0.25, 0.3) is 5.91 Å². The minimum absolute atomic E-state index is 0.0992. The summed E-state index contributed by atoms with van der Waals surface area (Å²) in [5.41, 5.74) is 1.85. The van der Waals surface area contributed by atoms with Gasteiger partial charge >= 0.3 is 0 Å². The van der Waals surface area contributed by atoms with Crippen molar-refractivity contribution < 1.29 is 9.53 Å². The molecule has 0 aliphatic carbocycles. The number of piperazine rings is 1. The molecule has 6 heteroatoms. The van der Waals surface area contributed by atoms with E-state index < -0.39 is 0 Å². The van der Waals surface area contributed by atoms with Gasteiger partial charge in [-0.15, -0.1) is 0 Å². The highest BCUT2D eigenvalue weighted by atomic mass is 79.9. The molecule has 0 radical (unpaired) electrons. The van der Waals surface area contributed by atoms with Crippen LogP contribution < -0.4 is 9.64 Å². The number of para-hydroxylation sites is 2. The molecule has 140 valence electrons.